The molecule has 8 nitrogen and oxygen atoms in total. The summed E-state index contributed by atoms with van der Waals surface area (Å²) >= 11 is -1.52. The van der Waals surface area contributed by atoms with Crippen LogP contribution in [0.1, 0.15) is 5.56 Å². The van der Waals surface area contributed by atoms with Crippen molar-refractivity contribution in [1.29, 1.82) is 0 Å². The first-order valence-corrected chi connectivity index (χ1v) is 10.7. The molecule has 0 fully saturated rings. The maximum absolute atomic E-state index is 11.3. The van der Waals surface area contributed by atoms with Gasteiger partial charge in [0.2, 0.25) is 0 Å². The number of nitro benzene ring substituents is 1. The zero-order valence-corrected chi connectivity index (χ0v) is 15.4. The van der Waals surface area contributed by atoms with Gasteiger partial charge in [-0.05, 0) is 0 Å². The van der Waals surface area contributed by atoms with Crippen molar-refractivity contribution in [2.45, 2.75) is 6.61 Å². The molecular weight excluding hydrogens is 509 g/mol. The second kappa shape index (κ2) is 9.12. The second-order valence-electron chi connectivity index (χ2n) is 3.41. The third-order valence-electron chi connectivity index (χ3n) is 2.22. The van der Waals surface area contributed by atoms with Gasteiger partial charge in [0, 0.05) is 0 Å². The van der Waals surface area contributed by atoms with Crippen LogP contribution < -0.4 is 54.2 Å². The van der Waals surface area contributed by atoms with Crippen LogP contribution in [0.4, 0.5) is 10.5 Å². The number of ether oxygens (including phenoxy) is 2. The van der Waals surface area contributed by atoms with Crippen LogP contribution in [0.3, 0.4) is 0 Å². The molecule has 0 aromatic heterocycles. The molecule has 1 aromatic carbocycles. The van der Waals surface area contributed by atoms with Crippen molar-refractivity contribution in [2.75, 3.05) is 12.0 Å². The predicted octanol–water partition coefficient (Wildman–Crippen LogP) is -5.07. The predicted molar refractivity (Wildman–Crippen MR) is 65.3 cm³/mol. The van der Waals surface area contributed by atoms with Gasteiger partial charge in [0.15, 0.2) is 0 Å². The number of carbonyl (C=O) groups is 1. The number of amides is 1. The van der Waals surface area contributed by atoms with E-state index < -0.39 is 53.9 Å². The van der Waals surface area contributed by atoms with E-state index in [2.05, 4.69) is 3.53 Å². The molecule has 0 aliphatic heterocycles. The summed E-state index contributed by atoms with van der Waals surface area (Å²) < 4.78 is 17.7. The molecule has 116 valence electrons. The number of rotatable bonds is 7. The Bertz CT molecular complexity index is 531. The zero-order valence-electron chi connectivity index (χ0n) is 11.1. The van der Waals surface area contributed by atoms with Crippen molar-refractivity contribution in [3.63, 3.8) is 0 Å². The van der Waals surface area contributed by atoms with Gasteiger partial charge >= 0.3 is 144 Å². The molecule has 2 radical (unpaired) electrons. The van der Waals surface area contributed by atoms with E-state index in [1.54, 1.807) is 0 Å². The van der Waals surface area contributed by atoms with Gasteiger partial charge in [0.1, 0.15) is 0 Å². The zero-order chi connectivity index (χ0) is 15.8. The molecule has 21 heavy (non-hydrogen) atoms. The van der Waals surface area contributed by atoms with Crippen molar-refractivity contribution in [2.24, 2.45) is 0 Å². The molecule has 1 N–H and O–H groups in total. The van der Waals surface area contributed by atoms with E-state index in [0.717, 1.165) is 0 Å². The van der Waals surface area contributed by atoms with Gasteiger partial charge in [-0.2, -0.15) is 0 Å². The van der Waals surface area contributed by atoms with Crippen LogP contribution >= 0.6 is 0 Å². The van der Waals surface area contributed by atoms with Crippen LogP contribution in [-0.4, -0.2) is 28.8 Å². The second-order valence-corrected chi connectivity index (χ2v) is 5.98. The van der Waals surface area contributed by atoms with Crippen LogP contribution in [-0.2, 0) is 11.3 Å². The summed E-state index contributed by atoms with van der Waals surface area (Å²) in [5.74, 6) is 0.500. The first kappa shape index (κ1) is 18.1. The molecule has 0 bridgehead atoms. The summed E-state index contributed by atoms with van der Waals surface area (Å²) in [6.07, 6.45) is -0.605. The van der Waals surface area contributed by atoms with Crippen molar-refractivity contribution in [3.05, 3.63) is 27.8 Å². The summed E-state index contributed by atoms with van der Waals surface area (Å²) in [4.78, 5) is 23.6. The maximum atomic E-state index is 11.3. The van der Waals surface area contributed by atoms with Gasteiger partial charge in [0.05, 0.1) is 0 Å². The minimum absolute atomic E-state index is 0.201. The first-order valence-electron chi connectivity index (χ1n) is 5.30. The monoisotopic (exact) mass is 520 g/mol. The summed E-state index contributed by atoms with van der Waals surface area (Å²) in [5, 5.41) is 11.1. The van der Waals surface area contributed by atoms with Gasteiger partial charge in [-0.15, -0.1) is 0 Å². The van der Waals surface area contributed by atoms with Crippen molar-refractivity contribution in [1.82, 2.24) is 3.53 Å². The molecule has 0 saturated heterocycles. The van der Waals surface area contributed by atoms with E-state index in [-0.39, 0.29) is 23.6 Å². The topological polar surface area (TPSA) is 99.9 Å². The number of hydrogen-bond donors (Lipinski definition) is 1. The van der Waals surface area contributed by atoms with Crippen LogP contribution in [0.5, 0.6) is 11.5 Å². The molecule has 1 aromatic rings. The number of halogens is 2. The third-order valence-corrected chi connectivity index (χ3v) is 3.93. The molecule has 0 aliphatic rings. The molecule has 0 spiro atoms. The SMILES string of the molecule is [B][I-]Oc1cc([N+](=O)[O-])c(COC(=O)N[I-]C)cc1OC. The third kappa shape index (κ3) is 5.37. The fourth-order valence-electron chi connectivity index (χ4n) is 1.39. The Morgan fingerprint density at radius 2 is 2.19 bits per heavy atom. The Kier molecular flexibility index (Phi) is 7.84. The molecule has 11 heteroatoms. The van der Waals surface area contributed by atoms with Gasteiger partial charge in [-0.1, -0.05) is 0 Å². The van der Waals surface area contributed by atoms with E-state index in [0.29, 0.717) is 5.75 Å². The van der Waals surface area contributed by atoms with E-state index in [9.17, 15) is 14.9 Å². The van der Waals surface area contributed by atoms with Crippen LogP contribution in [0, 0.1) is 10.1 Å². The number of benzene rings is 1. The Hall–Kier alpha value is -0.985. The van der Waals surface area contributed by atoms with Crippen LogP contribution in [0.25, 0.3) is 0 Å². The molecule has 0 heterocycles. The van der Waals surface area contributed by atoms with Gasteiger partial charge in [0.25, 0.3) is 0 Å². The fourth-order valence-corrected chi connectivity index (χ4v) is 2.61. The average molecular weight is 520 g/mol. The average Bonchev–Trinajstić information content (AvgIpc) is 2.45. The molecule has 0 aliphatic carbocycles. The summed E-state index contributed by atoms with van der Waals surface area (Å²) in [5.41, 5.74) is 5.36. The molecule has 1 rings (SSSR count). The van der Waals surface area contributed by atoms with E-state index >= 15 is 0 Å². The Morgan fingerprint density at radius 1 is 1.48 bits per heavy atom. The van der Waals surface area contributed by atoms with Gasteiger partial charge in [-0.25, -0.2) is 0 Å². The van der Waals surface area contributed by atoms with Crippen LogP contribution in [0.2, 0.25) is 0 Å². The Morgan fingerprint density at radius 3 is 2.71 bits per heavy atom. The summed E-state index contributed by atoms with van der Waals surface area (Å²) in [6.45, 7) is -0.236. The number of nitrogens with one attached hydrogen (secondary N) is 1. The van der Waals surface area contributed by atoms with Crippen molar-refractivity contribution >= 4 is 17.5 Å². The molecule has 0 saturated carbocycles. The minimum atomic E-state index is -1.05. The van der Waals surface area contributed by atoms with E-state index in [4.69, 9.17) is 18.2 Å². The quantitative estimate of drug-likeness (QED) is 0.0967. The van der Waals surface area contributed by atoms with Crippen LogP contribution in [0.15, 0.2) is 12.1 Å². The van der Waals surface area contributed by atoms with Crippen molar-refractivity contribution in [3.8, 4) is 11.5 Å². The number of methoxy groups -OCH3 is 1. The first-order chi connectivity index (χ1) is 10.0. The number of carbonyl (C=O) groups excluding carboxylic acids is 1. The summed E-state index contributed by atoms with van der Waals surface area (Å²) in [7, 11) is 1.40. The van der Waals surface area contributed by atoms with E-state index in [1.165, 1.54) is 19.2 Å². The normalized spacial score (nSPS) is 10.2. The van der Waals surface area contributed by atoms with E-state index in [1.807, 2.05) is 4.93 Å². The number of nitrogens with zero attached hydrogens (tertiary/aromatic N) is 1. The van der Waals surface area contributed by atoms with Gasteiger partial charge < -0.3 is 0 Å². The molecule has 0 unspecified atom stereocenters. The molecular formula is C10H11BI2N2O6-2. The van der Waals surface area contributed by atoms with Gasteiger partial charge in [-0.3, -0.25) is 0 Å². The molecule has 1 amide bonds. The fraction of sp³-hybridized carbons (Fsp3) is 0.300. The Labute approximate surface area is 143 Å². The number of hydrogen-bond acceptors (Lipinski definition) is 6. The summed E-state index contributed by atoms with van der Waals surface area (Å²) in [6, 6.07) is 2.62. The Balaban J connectivity index is 3.05. The molecule has 0 atom stereocenters. The van der Waals surface area contributed by atoms with Crippen molar-refractivity contribution < 1.29 is 65.1 Å². The number of alkyl halides is 1. The standard InChI is InChI=1S/C10H11BI2N2O6/c1-12-14-10(16)20-5-6-3-8(19-2)9(21-13-11)4-7(6)15(17)18/h3-4H,5H2,1-2H3,(H,14,16)/q-2. The number of nitro groups is 1.